The van der Waals surface area contributed by atoms with Gasteiger partial charge in [-0.2, -0.15) is 5.26 Å². The van der Waals surface area contributed by atoms with Crippen molar-refractivity contribution in [2.24, 2.45) is 0 Å². The molecule has 40 heavy (non-hydrogen) atoms. The Morgan fingerprint density at radius 2 is 1.90 bits per heavy atom. The molecule has 2 saturated heterocycles. The summed E-state index contributed by atoms with van der Waals surface area (Å²) in [6.45, 7) is 7.02. The van der Waals surface area contributed by atoms with Gasteiger partial charge in [0, 0.05) is 30.4 Å². The molecule has 2 N–H and O–H groups in total. The fraction of sp³-hybridized carbons (Fsp3) is 0.312. The fourth-order valence-electron chi connectivity index (χ4n) is 6.23. The lowest BCUT2D eigenvalue weighted by Gasteiger charge is -2.24. The molecule has 0 saturated carbocycles. The maximum Gasteiger partial charge on any atom is 0.227 e. The molecule has 202 valence electrons. The van der Waals surface area contributed by atoms with Gasteiger partial charge in [0.05, 0.1) is 22.3 Å². The van der Waals surface area contributed by atoms with E-state index >= 15 is 0 Å². The van der Waals surface area contributed by atoms with Gasteiger partial charge in [-0.25, -0.2) is 10.4 Å². The van der Waals surface area contributed by atoms with E-state index in [9.17, 15) is 5.26 Å². The van der Waals surface area contributed by atoms with E-state index in [1.807, 2.05) is 30.3 Å². The smallest absolute Gasteiger partial charge is 0.227 e. The number of piperidine rings is 1. The average molecular weight is 551 g/mol. The van der Waals surface area contributed by atoms with Gasteiger partial charge in [-0.05, 0) is 92.3 Å². The van der Waals surface area contributed by atoms with Crippen LogP contribution in [0.15, 0.2) is 64.7 Å². The molecular weight excluding hydrogens is 520 g/mol. The van der Waals surface area contributed by atoms with E-state index in [0.29, 0.717) is 28.1 Å². The number of aromatic nitrogens is 1. The highest BCUT2D eigenvalue weighted by molar-refractivity contribution is 6.36. The molecule has 3 aliphatic heterocycles. The first-order valence-electron chi connectivity index (χ1n) is 14.0. The molecular formula is C32H31ClN6O. The normalized spacial score (nSPS) is 19.2. The molecule has 4 aromatic rings. The van der Waals surface area contributed by atoms with Crippen molar-refractivity contribution in [2.45, 2.75) is 38.8 Å². The number of benzene rings is 3. The van der Waals surface area contributed by atoms with Crippen molar-refractivity contribution in [3.63, 3.8) is 0 Å². The minimum atomic E-state index is 0.298. The monoisotopic (exact) mass is 550 g/mol. The zero-order valence-electron chi connectivity index (χ0n) is 22.5. The zero-order chi connectivity index (χ0) is 27.2. The summed E-state index contributed by atoms with van der Waals surface area (Å²) >= 11 is 7.08. The third kappa shape index (κ3) is 4.47. The Bertz CT molecular complexity index is 1680. The first-order valence-corrected chi connectivity index (χ1v) is 14.4. The second kappa shape index (κ2) is 10.4. The number of hydrogen-bond donors (Lipinski definition) is 2. The van der Waals surface area contributed by atoms with Crippen molar-refractivity contribution in [3.8, 4) is 28.7 Å². The molecule has 0 radical (unpaired) electrons. The van der Waals surface area contributed by atoms with Crippen LogP contribution >= 0.6 is 11.6 Å². The Hall–Kier alpha value is -3.67. The van der Waals surface area contributed by atoms with Crippen LogP contribution in [0.25, 0.3) is 33.7 Å². The Labute approximate surface area is 239 Å². The highest BCUT2D eigenvalue weighted by atomic mass is 35.5. The third-order valence-electron chi connectivity index (χ3n) is 8.34. The second-order valence-electron chi connectivity index (χ2n) is 10.9. The Balaban J connectivity index is 1.25. The van der Waals surface area contributed by atoms with E-state index in [0.717, 1.165) is 78.2 Å². The molecule has 0 aliphatic carbocycles. The summed E-state index contributed by atoms with van der Waals surface area (Å²) in [6.07, 6.45) is 5.68. The molecule has 8 heteroatoms. The first-order chi connectivity index (χ1) is 19.6. The Morgan fingerprint density at radius 1 is 1.10 bits per heavy atom. The summed E-state index contributed by atoms with van der Waals surface area (Å²) < 4.78 is 6.25. The van der Waals surface area contributed by atoms with Crippen molar-refractivity contribution < 1.29 is 4.42 Å². The maximum absolute atomic E-state index is 9.88. The van der Waals surface area contributed by atoms with E-state index in [4.69, 9.17) is 21.0 Å². The minimum absolute atomic E-state index is 0.298. The van der Waals surface area contributed by atoms with E-state index in [2.05, 4.69) is 58.0 Å². The van der Waals surface area contributed by atoms with Crippen molar-refractivity contribution in [2.75, 3.05) is 31.2 Å². The van der Waals surface area contributed by atoms with Crippen LogP contribution in [0.4, 0.5) is 5.69 Å². The van der Waals surface area contributed by atoms with E-state index in [1.165, 1.54) is 18.4 Å². The Morgan fingerprint density at radius 3 is 2.73 bits per heavy atom. The van der Waals surface area contributed by atoms with Crippen LogP contribution in [0.3, 0.4) is 0 Å². The molecule has 0 bridgehead atoms. The number of hydrogen-bond acceptors (Lipinski definition) is 7. The van der Waals surface area contributed by atoms with Crippen LogP contribution in [0.1, 0.15) is 36.0 Å². The van der Waals surface area contributed by atoms with Crippen molar-refractivity contribution in [1.82, 2.24) is 20.6 Å². The lowest BCUT2D eigenvalue weighted by Crippen LogP contribution is -2.45. The largest absolute Gasteiger partial charge is 0.435 e. The predicted molar refractivity (Wildman–Crippen MR) is 159 cm³/mol. The molecule has 4 heterocycles. The molecule has 1 unspecified atom stereocenters. The molecule has 7 rings (SSSR count). The lowest BCUT2D eigenvalue weighted by atomic mass is 9.96. The number of halogens is 1. The number of nitrogens with zero attached hydrogens (tertiary/aromatic N) is 4. The van der Waals surface area contributed by atoms with Gasteiger partial charge in [0.15, 0.2) is 5.58 Å². The standard InChI is InChI=1S/C32H31ClN6O/c1-20-24(26-8-5-9-29(30(26)33)39-19-22-10-11-35-17-28(22)37-39)6-4-7-25(20)32-36-27-15-21(18-38-12-2-3-13-38)14-23(16-34)31(27)40-32/h4-9,14-15,19,28,35,37H,2-3,10-13,17-18H2,1H3. The molecule has 1 aromatic heterocycles. The van der Waals surface area contributed by atoms with Gasteiger partial charge in [0.25, 0.3) is 0 Å². The summed E-state index contributed by atoms with van der Waals surface area (Å²) in [7, 11) is 0. The number of nitrogens with one attached hydrogen (secondary N) is 2. The van der Waals surface area contributed by atoms with E-state index in [1.54, 1.807) is 0 Å². The number of oxazole rings is 1. The second-order valence-corrected chi connectivity index (χ2v) is 11.3. The number of anilines is 1. The molecule has 7 nitrogen and oxygen atoms in total. The highest BCUT2D eigenvalue weighted by Gasteiger charge is 2.28. The summed E-state index contributed by atoms with van der Waals surface area (Å²) in [4.78, 5) is 7.29. The van der Waals surface area contributed by atoms with Crippen LogP contribution < -0.4 is 15.8 Å². The number of fused-ring (bicyclic) bond motifs is 2. The topological polar surface area (TPSA) is 80.4 Å². The summed E-state index contributed by atoms with van der Waals surface area (Å²) in [5, 5.41) is 16.1. The zero-order valence-corrected chi connectivity index (χ0v) is 23.3. The number of nitriles is 1. The van der Waals surface area contributed by atoms with Gasteiger partial charge in [-0.1, -0.05) is 35.9 Å². The van der Waals surface area contributed by atoms with Gasteiger partial charge in [-0.15, -0.1) is 0 Å². The maximum atomic E-state index is 9.88. The van der Waals surface area contributed by atoms with Crippen LogP contribution in [0.5, 0.6) is 0 Å². The van der Waals surface area contributed by atoms with Crippen LogP contribution in [0.2, 0.25) is 5.02 Å². The first kappa shape index (κ1) is 25.3. The summed E-state index contributed by atoms with van der Waals surface area (Å²) in [6, 6.07) is 18.9. The van der Waals surface area contributed by atoms with Gasteiger partial charge >= 0.3 is 0 Å². The quantitative estimate of drug-likeness (QED) is 0.308. The average Bonchev–Trinajstić information content (AvgIpc) is 3.73. The van der Waals surface area contributed by atoms with E-state index in [-0.39, 0.29) is 0 Å². The molecule has 2 fully saturated rings. The minimum Gasteiger partial charge on any atom is -0.435 e. The molecule has 3 aliphatic rings. The SMILES string of the molecule is Cc1c(-c2nc3cc(CN4CCCC4)cc(C#N)c3o2)cccc1-c1cccc(N2C=C3CCNCC3N2)c1Cl. The Kier molecular flexibility index (Phi) is 6.57. The van der Waals surface area contributed by atoms with Gasteiger partial charge in [-0.3, -0.25) is 9.91 Å². The molecule has 3 aromatic carbocycles. The van der Waals surface area contributed by atoms with Gasteiger partial charge in [0.1, 0.15) is 11.6 Å². The molecule has 0 amide bonds. The van der Waals surface area contributed by atoms with Gasteiger partial charge < -0.3 is 9.73 Å². The number of hydrazine groups is 1. The van der Waals surface area contributed by atoms with Crippen molar-refractivity contribution in [3.05, 3.63) is 82.0 Å². The van der Waals surface area contributed by atoms with Crippen molar-refractivity contribution in [1.29, 1.82) is 5.26 Å². The van der Waals surface area contributed by atoms with Crippen LogP contribution in [0, 0.1) is 18.3 Å². The highest BCUT2D eigenvalue weighted by Crippen LogP contribution is 2.41. The lowest BCUT2D eigenvalue weighted by molar-refractivity contribution is 0.331. The van der Waals surface area contributed by atoms with Crippen LogP contribution in [-0.4, -0.2) is 42.1 Å². The van der Waals surface area contributed by atoms with E-state index < -0.39 is 0 Å². The fourth-order valence-corrected chi connectivity index (χ4v) is 6.55. The molecule has 1 atom stereocenters. The predicted octanol–water partition coefficient (Wildman–Crippen LogP) is 6.16. The van der Waals surface area contributed by atoms with Gasteiger partial charge in [0.2, 0.25) is 5.89 Å². The number of rotatable bonds is 5. The summed E-state index contributed by atoms with van der Waals surface area (Å²) in [5.74, 6) is 0.513. The van der Waals surface area contributed by atoms with Crippen molar-refractivity contribution >= 4 is 28.4 Å². The number of likely N-dealkylation sites (tertiary alicyclic amines) is 1. The molecule has 0 spiro atoms. The summed E-state index contributed by atoms with van der Waals surface area (Å²) in [5.41, 5.74) is 12.7. The van der Waals surface area contributed by atoms with Crippen LogP contribution in [-0.2, 0) is 6.54 Å². The third-order valence-corrected chi connectivity index (χ3v) is 8.74.